The first kappa shape index (κ1) is 18.3. The maximum Gasteiger partial charge on any atom is 0.405 e. The highest BCUT2D eigenvalue weighted by Gasteiger charge is 2.27. The number of rotatable bonds is 8. The predicted octanol–water partition coefficient (Wildman–Crippen LogP) is 0.486. The van der Waals surface area contributed by atoms with E-state index in [4.69, 9.17) is 5.73 Å². The van der Waals surface area contributed by atoms with Crippen LogP contribution in [-0.2, 0) is 22.6 Å². The monoisotopic (exact) mass is 339 g/mol. The highest BCUT2D eigenvalue weighted by atomic mass is 32.2. The van der Waals surface area contributed by atoms with Crippen LogP contribution in [0.2, 0.25) is 0 Å². The van der Waals surface area contributed by atoms with E-state index < -0.39 is 24.5 Å². The number of aromatic nitrogens is 3. The Kier molecular flexibility index (Phi) is 6.65. The number of nitrogens with one attached hydrogen (secondary N) is 1. The van der Waals surface area contributed by atoms with Crippen molar-refractivity contribution in [2.24, 2.45) is 5.73 Å². The van der Waals surface area contributed by atoms with E-state index in [0.717, 1.165) is 11.8 Å². The second-order valence-electron chi connectivity index (χ2n) is 4.29. The van der Waals surface area contributed by atoms with Crippen LogP contribution < -0.4 is 11.1 Å². The number of thioether (sulfide) groups is 1. The van der Waals surface area contributed by atoms with E-state index in [9.17, 15) is 22.8 Å². The number of nitrogens with zero attached hydrogens (tertiary/aromatic N) is 3. The molecule has 0 aromatic carbocycles. The molecule has 0 unspecified atom stereocenters. The van der Waals surface area contributed by atoms with E-state index in [0.29, 0.717) is 23.9 Å². The molecular formula is C11H16F3N5O2S. The fourth-order valence-corrected chi connectivity index (χ4v) is 2.39. The minimum atomic E-state index is -4.44. The van der Waals surface area contributed by atoms with Gasteiger partial charge in [-0.25, -0.2) is 0 Å². The smallest absolute Gasteiger partial charge is 0.370 e. The first-order valence-electron chi connectivity index (χ1n) is 6.39. The van der Waals surface area contributed by atoms with Gasteiger partial charge in [0.25, 0.3) is 0 Å². The molecule has 7 nitrogen and oxygen atoms in total. The molecule has 0 aliphatic rings. The Balaban J connectivity index is 2.55. The van der Waals surface area contributed by atoms with Crippen LogP contribution in [-0.4, -0.2) is 45.1 Å². The normalized spacial score (nSPS) is 11.5. The molecule has 0 radical (unpaired) electrons. The summed E-state index contributed by atoms with van der Waals surface area (Å²) in [6.07, 6.45) is -4.00. The lowest BCUT2D eigenvalue weighted by atomic mass is 10.3. The molecule has 2 amide bonds. The Bertz CT molecular complexity index is 532. The van der Waals surface area contributed by atoms with Gasteiger partial charge in [0.15, 0.2) is 5.16 Å². The van der Waals surface area contributed by atoms with Crippen LogP contribution in [0.4, 0.5) is 13.2 Å². The topological polar surface area (TPSA) is 103 Å². The van der Waals surface area contributed by atoms with E-state index in [1.54, 1.807) is 9.88 Å². The second kappa shape index (κ2) is 8.01. The third kappa shape index (κ3) is 6.33. The summed E-state index contributed by atoms with van der Waals surface area (Å²) in [5.74, 6) is -0.873. The molecule has 22 heavy (non-hydrogen) atoms. The van der Waals surface area contributed by atoms with Gasteiger partial charge in [0.1, 0.15) is 12.4 Å². The van der Waals surface area contributed by atoms with Gasteiger partial charge < -0.3 is 15.6 Å². The van der Waals surface area contributed by atoms with Crippen molar-refractivity contribution < 1.29 is 22.8 Å². The average molecular weight is 339 g/mol. The van der Waals surface area contributed by atoms with Crippen LogP contribution in [0.3, 0.4) is 0 Å². The maximum absolute atomic E-state index is 12.0. The molecule has 0 saturated heterocycles. The number of primary amides is 1. The van der Waals surface area contributed by atoms with Crippen molar-refractivity contribution in [3.8, 4) is 0 Å². The van der Waals surface area contributed by atoms with Gasteiger partial charge >= 0.3 is 6.18 Å². The van der Waals surface area contributed by atoms with Crippen molar-refractivity contribution in [2.45, 2.75) is 37.6 Å². The summed E-state index contributed by atoms with van der Waals surface area (Å²) in [5.41, 5.74) is 5.06. The summed E-state index contributed by atoms with van der Waals surface area (Å²) < 4.78 is 37.6. The van der Waals surface area contributed by atoms with E-state index in [1.165, 1.54) is 0 Å². The lowest BCUT2D eigenvalue weighted by molar-refractivity contribution is -0.136. The quantitative estimate of drug-likeness (QED) is 0.671. The van der Waals surface area contributed by atoms with E-state index in [2.05, 4.69) is 10.2 Å². The first-order chi connectivity index (χ1) is 10.2. The molecule has 0 spiro atoms. The van der Waals surface area contributed by atoms with Gasteiger partial charge in [-0.3, -0.25) is 9.59 Å². The minimum Gasteiger partial charge on any atom is -0.370 e. The number of carbonyl (C=O) groups excluding carboxylic acids is 2. The Morgan fingerprint density at radius 3 is 2.59 bits per heavy atom. The number of hydrogen-bond acceptors (Lipinski definition) is 5. The Morgan fingerprint density at radius 1 is 1.36 bits per heavy atom. The largest absolute Gasteiger partial charge is 0.405 e. The third-order valence-corrected chi connectivity index (χ3v) is 3.49. The Hall–Kier alpha value is -1.78. The SMILES string of the molecule is CCn1c(CCC(N)=O)nnc1SCC(=O)NCC(F)(F)F. The summed E-state index contributed by atoms with van der Waals surface area (Å²) in [6.45, 7) is 0.967. The van der Waals surface area contributed by atoms with Crippen molar-refractivity contribution in [3.63, 3.8) is 0 Å². The van der Waals surface area contributed by atoms with Gasteiger partial charge in [-0.05, 0) is 6.92 Å². The second-order valence-corrected chi connectivity index (χ2v) is 5.23. The molecule has 0 bridgehead atoms. The van der Waals surface area contributed by atoms with Gasteiger partial charge in [0.05, 0.1) is 5.75 Å². The van der Waals surface area contributed by atoms with Crippen LogP contribution in [0.15, 0.2) is 5.16 Å². The summed E-state index contributed by atoms with van der Waals surface area (Å²) in [4.78, 5) is 22.1. The number of halogens is 3. The van der Waals surface area contributed by atoms with Gasteiger partial charge in [-0.1, -0.05) is 11.8 Å². The van der Waals surface area contributed by atoms with Crippen LogP contribution in [0.5, 0.6) is 0 Å². The number of alkyl halides is 3. The van der Waals surface area contributed by atoms with Crippen molar-refractivity contribution in [1.29, 1.82) is 0 Å². The molecule has 11 heteroatoms. The molecule has 3 N–H and O–H groups in total. The molecule has 1 aromatic heterocycles. The number of aryl methyl sites for hydroxylation is 1. The lowest BCUT2D eigenvalue weighted by Crippen LogP contribution is -2.34. The van der Waals surface area contributed by atoms with E-state index in [1.807, 2.05) is 6.92 Å². The van der Waals surface area contributed by atoms with Gasteiger partial charge in [0.2, 0.25) is 11.8 Å². The summed E-state index contributed by atoms with van der Waals surface area (Å²) in [7, 11) is 0. The molecule has 0 aliphatic carbocycles. The Labute approximate surface area is 128 Å². The highest BCUT2D eigenvalue weighted by molar-refractivity contribution is 7.99. The molecule has 1 heterocycles. The molecule has 1 rings (SSSR count). The zero-order chi connectivity index (χ0) is 16.8. The van der Waals surface area contributed by atoms with Gasteiger partial charge in [-0.15, -0.1) is 10.2 Å². The van der Waals surface area contributed by atoms with Gasteiger partial charge in [0, 0.05) is 19.4 Å². The summed E-state index contributed by atoms with van der Waals surface area (Å²) in [6, 6.07) is 0. The van der Waals surface area contributed by atoms with E-state index >= 15 is 0 Å². The first-order valence-corrected chi connectivity index (χ1v) is 7.38. The zero-order valence-corrected chi connectivity index (χ0v) is 12.6. The molecule has 0 saturated carbocycles. The highest BCUT2D eigenvalue weighted by Crippen LogP contribution is 2.18. The standard InChI is InChI=1S/C11H16F3N5O2S/c1-2-19-8(4-3-7(15)20)17-18-10(19)22-5-9(21)16-6-11(12,13)14/h2-6H2,1H3,(H2,15,20)(H,16,21). The van der Waals surface area contributed by atoms with Gasteiger partial charge in [-0.2, -0.15) is 13.2 Å². The van der Waals surface area contributed by atoms with Crippen molar-refractivity contribution in [1.82, 2.24) is 20.1 Å². The van der Waals surface area contributed by atoms with Crippen LogP contribution >= 0.6 is 11.8 Å². The van der Waals surface area contributed by atoms with Crippen molar-refractivity contribution in [2.75, 3.05) is 12.3 Å². The molecular weight excluding hydrogens is 323 g/mol. The van der Waals surface area contributed by atoms with Crippen molar-refractivity contribution in [3.05, 3.63) is 5.82 Å². The predicted molar refractivity (Wildman–Crippen MR) is 73.0 cm³/mol. The maximum atomic E-state index is 12.0. The van der Waals surface area contributed by atoms with Crippen LogP contribution in [0.25, 0.3) is 0 Å². The fraction of sp³-hybridized carbons (Fsp3) is 0.636. The number of carbonyl (C=O) groups is 2. The molecule has 0 fully saturated rings. The zero-order valence-electron chi connectivity index (χ0n) is 11.8. The summed E-state index contributed by atoms with van der Waals surface area (Å²) in [5, 5.41) is 9.94. The molecule has 0 atom stereocenters. The number of hydrogen-bond donors (Lipinski definition) is 2. The lowest BCUT2D eigenvalue weighted by Gasteiger charge is -2.09. The van der Waals surface area contributed by atoms with E-state index in [-0.39, 0.29) is 12.2 Å². The third-order valence-electron chi connectivity index (χ3n) is 2.52. The molecule has 1 aromatic rings. The van der Waals surface area contributed by atoms with Crippen LogP contribution in [0.1, 0.15) is 19.2 Å². The average Bonchev–Trinajstić information content (AvgIpc) is 2.81. The number of nitrogens with two attached hydrogens (primary N) is 1. The molecule has 124 valence electrons. The van der Waals surface area contributed by atoms with Crippen LogP contribution in [0, 0.1) is 0 Å². The van der Waals surface area contributed by atoms with Crippen molar-refractivity contribution >= 4 is 23.6 Å². The summed E-state index contributed by atoms with van der Waals surface area (Å²) >= 11 is 0.979. The fourth-order valence-electron chi connectivity index (χ4n) is 1.54. The molecule has 0 aliphatic heterocycles. The number of amides is 2. The minimum absolute atomic E-state index is 0.120. The Morgan fingerprint density at radius 2 is 2.05 bits per heavy atom.